The van der Waals surface area contributed by atoms with Crippen molar-refractivity contribution in [2.24, 2.45) is 11.8 Å². The van der Waals surface area contributed by atoms with Crippen molar-refractivity contribution in [1.29, 1.82) is 0 Å². The highest BCUT2D eigenvalue weighted by Gasteiger charge is 2.33. The van der Waals surface area contributed by atoms with Crippen molar-refractivity contribution in [1.82, 2.24) is 9.78 Å². The smallest absolute Gasteiger partial charge is 0.306 e. The van der Waals surface area contributed by atoms with Gasteiger partial charge in [0.2, 0.25) is 5.91 Å². The van der Waals surface area contributed by atoms with Gasteiger partial charge in [0.1, 0.15) is 0 Å². The summed E-state index contributed by atoms with van der Waals surface area (Å²) in [7, 11) is 0. The van der Waals surface area contributed by atoms with Crippen molar-refractivity contribution in [3.63, 3.8) is 0 Å². The summed E-state index contributed by atoms with van der Waals surface area (Å²) in [5.41, 5.74) is 1.55. The van der Waals surface area contributed by atoms with Crippen molar-refractivity contribution in [3.05, 3.63) is 42.7 Å². The summed E-state index contributed by atoms with van der Waals surface area (Å²) < 4.78 is 1.71. The van der Waals surface area contributed by atoms with Crippen LogP contribution in [0.5, 0.6) is 0 Å². The first-order valence-corrected chi connectivity index (χ1v) is 7.27. The number of anilines is 1. The molecule has 1 aliphatic rings. The predicted molar refractivity (Wildman–Crippen MR) is 80.7 cm³/mol. The minimum Gasteiger partial charge on any atom is -0.481 e. The minimum atomic E-state index is -0.809. The molecule has 114 valence electrons. The Morgan fingerprint density at radius 3 is 2.73 bits per heavy atom. The Morgan fingerprint density at radius 1 is 1.23 bits per heavy atom. The minimum absolute atomic E-state index is 0.110. The number of carboxylic acid groups (broad SMARTS) is 1. The van der Waals surface area contributed by atoms with Crippen LogP contribution in [0.4, 0.5) is 5.69 Å². The van der Waals surface area contributed by atoms with Gasteiger partial charge in [0.15, 0.2) is 0 Å². The molecule has 0 saturated heterocycles. The SMILES string of the molecule is O=C(O)[C@@H]1CC[C@H](C(=O)Nc2cccc(-n3cccn3)c2)C1. The van der Waals surface area contributed by atoms with Crippen molar-refractivity contribution >= 4 is 17.6 Å². The zero-order valence-corrected chi connectivity index (χ0v) is 12.0. The number of carbonyl (C=O) groups excluding carboxylic acids is 1. The quantitative estimate of drug-likeness (QED) is 0.907. The molecule has 3 rings (SSSR count). The molecule has 2 N–H and O–H groups in total. The Labute approximate surface area is 127 Å². The highest BCUT2D eigenvalue weighted by atomic mass is 16.4. The number of nitrogens with one attached hydrogen (secondary N) is 1. The molecule has 0 unspecified atom stereocenters. The number of aliphatic carboxylic acids is 1. The normalized spacial score (nSPS) is 20.7. The van der Waals surface area contributed by atoms with Crippen LogP contribution in [0.15, 0.2) is 42.7 Å². The van der Waals surface area contributed by atoms with E-state index in [9.17, 15) is 9.59 Å². The Bertz CT molecular complexity index is 682. The lowest BCUT2D eigenvalue weighted by atomic mass is 10.0. The van der Waals surface area contributed by atoms with Crippen molar-refractivity contribution in [2.75, 3.05) is 5.32 Å². The van der Waals surface area contributed by atoms with Gasteiger partial charge in [-0.15, -0.1) is 0 Å². The summed E-state index contributed by atoms with van der Waals surface area (Å²) in [6.07, 6.45) is 5.13. The molecular formula is C16H17N3O3. The predicted octanol–water partition coefficient (Wildman–Crippen LogP) is 2.31. The van der Waals surface area contributed by atoms with Crippen LogP contribution in [0.1, 0.15) is 19.3 Å². The standard InChI is InChI=1S/C16H17N3O3/c20-15(11-5-6-12(9-11)16(21)22)18-13-3-1-4-14(10-13)19-8-2-7-17-19/h1-4,7-8,10-12H,5-6,9H2,(H,18,20)(H,21,22)/t11-,12+/m0/s1. The lowest BCUT2D eigenvalue weighted by Crippen LogP contribution is -2.21. The Hall–Kier alpha value is -2.63. The Morgan fingerprint density at radius 2 is 2.05 bits per heavy atom. The van der Waals surface area contributed by atoms with E-state index in [2.05, 4.69) is 10.4 Å². The first kappa shape index (κ1) is 14.3. The lowest BCUT2D eigenvalue weighted by Gasteiger charge is -2.12. The van der Waals surface area contributed by atoms with Crippen molar-refractivity contribution < 1.29 is 14.7 Å². The number of amides is 1. The van der Waals surface area contributed by atoms with E-state index in [1.54, 1.807) is 10.9 Å². The third kappa shape index (κ3) is 3.00. The second-order valence-electron chi connectivity index (χ2n) is 5.54. The van der Waals surface area contributed by atoms with E-state index in [4.69, 9.17) is 5.11 Å². The van der Waals surface area contributed by atoms with Gasteiger partial charge < -0.3 is 10.4 Å². The zero-order valence-electron chi connectivity index (χ0n) is 12.0. The molecule has 1 fully saturated rings. The molecule has 1 aromatic heterocycles. The number of aromatic nitrogens is 2. The van der Waals surface area contributed by atoms with Crippen LogP contribution in [0.25, 0.3) is 5.69 Å². The summed E-state index contributed by atoms with van der Waals surface area (Å²) in [6, 6.07) is 9.24. The van der Waals surface area contributed by atoms with Crippen LogP contribution in [0, 0.1) is 11.8 Å². The number of benzene rings is 1. The summed E-state index contributed by atoms with van der Waals surface area (Å²) in [5, 5.41) is 16.0. The molecule has 22 heavy (non-hydrogen) atoms. The fourth-order valence-corrected chi connectivity index (χ4v) is 2.84. The molecule has 2 aromatic rings. The van der Waals surface area contributed by atoms with Gasteiger partial charge in [-0.3, -0.25) is 9.59 Å². The van der Waals surface area contributed by atoms with Gasteiger partial charge in [0.05, 0.1) is 11.6 Å². The maximum Gasteiger partial charge on any atom is 0.306 e. The molecule has 0 radical (unpaired) electrons. The number of carboxylic acids is 1. The number of nitrogens with zero attached hydrogens (tertiary/aromatic N) is 2. The third-order valence-corrected chi connectivity index (χ3v) is 4.04. The topological polar surface area (TPSA) is 84.2 Å². The van der Waals surface area contributed by atoms with Gasteiger partial charge in [-0.2, -0.15) is 5.10 Å². The summed E-state index contributed by atoms with van der Waals surface area (Å²) in [5.74, 6) is -1.54. The van der Waals surface area contributed by atoms with Gasteiger partial charge in [-0.05, 0) is 43.5 Å². The van der Waals surface area contributed by atoms with Crippen LogP contribution in [-0.2, 0) is 9.59 Å². The Balaban J connectivity index is 1.67. The molecule has 2 atom stereocenters. The van der Waals surface area contributed by atoms with Gasteiger partial charge in [0, 0.05) is 24.0 Å². The first-order chi connectivity index (χ1) is 10.6. The second-order valence-corrected chi connectivity index (χ2v) is 5.54. The molecule has 6 nitrogen and oxygen atoms in total. The molecule has 1 aliphatic carbocycles. The van der Waals surface area contributed by atoms with E-state index in [0.717, 1.165) is 5.69 Å². The van der Waals surface area contributed by atoms with Gasteiger partial charge in [0.25, 0.3) is 0 Å². The van der Waals surface area contributed by atoms with E-state index >= 15 is 0 Å². The summed E-state index contributed by atoms with van der Waals surface area (Å²) in [4.78, 5) is 23.2. The molecule has 0 spiro atoms. The molecule has 6 heteroatoms. The highest BCUT2D eigenvalue weighted by Crippen LogP contribution is 2.32. The van der Waals surface area contributed by atoms with Gasteiger partial charge in [-0.1, -0.05) is 6.07 Å². The van der Waals surface area contributed by atoms with Crippen molar-refractivity contribution in [3.8, 4) is 5.69 Å². The maximum atomic E-state index is 12.3. The molecule has 0 bridgehead atoms. The van der Waals surface area contributed by atoms with E-state index in [1.165, 1.54) is 0 Å². The average Bonchev–Trinajstić information content (AvgIpc) is 3.19. The van der Waals surface area contributed by atoms with Gasteiger partial charge >= 0.3 is 5.97 Å². The lowest BCUT2D eigenvalue weighted by molar-refractivity contribution is -0.141. The van der Waals surface area contributed by atoms with Crippen LogP contribution >= 0.6 is 0 Å². The number of hydrogen-bond acceptors (Lipinski definition) is 3. The summed E-state index contributed by atoms with van der Waals surface area (Å²) >= 11 is 0. The number of carbonyl (C=O) groups is 2. The van der Waals surface area contributed by atoms with E-state index in [0.29, 0.717) is 24.9 Å². The fourth-order valence-electron chi connectivity index (χ4n) is 2.84. The molecule has 1 aromatic carbocycles. The molecule has 1 saturated carbocycles. The van der Waals surface area contributed by atoms with Crippen LogP contribution in [0.3, 0.4) is 0 Å². The van der Waals surface area contributed by atoms with Crippen LogP contribution in [-0.4, -0.2) is 26.8 Å². The van der Waals surface area contributed by atoms with Crippen molar-refractivity contribution in [2.45, 2.75) is 19.3 Å². The second kappa shape index (κ2) is 6.01. The molecule has 1 heterocycles. The fraction of sp³-hybridized carbons (Fsp3) is 0.312. The first-order valence-electron chi connectivity index (χ1n) is 7.27. The maximum absolute atomic E-state index is 12.3. The van der Waals surface area contributed by atoms with E-state index < -0.39 is 11.9 Å². The average molecular weight is 299 g/mol. The van der Waals surface area contributed by atoms with Crippen LogP contribution in [0.2, 0.25) is 0 Å². The Kier molecular flexibility index (Phi) is 3.91. The molecular weight excluding hydrogens is 282 g/mol. The highest BCUT2D eigenvalue weighted by molar-refractivity contribution is 5.93. The largest absolute Gasteiger partial charge is 0.481 e. The van der Waals surface area contributed by atoms with Gasteiger partial charge in [-0.25, -0.2) is 4.68 Å². The van der Waals surface area contributed by atoms with Crippen LogP contribution < -0.4 is 5.32 Å². The molecule has 1 amide bonds. The third-order valence-electron chi connectivity index (χ3n) is 4.04. The number of rotatable bonds is 4. The zero-order chi connectivity index (χ0) is 15.5. The monoisotopic (exact) mass is 299 g/mol. The molecule has 0 aliphatic heterocycles. The summed E-state index contributed by atoms with van der Waals surface area (Å²) in [6.45, 7) is 0. The van der Waals surface area contributed by atoms with E-state index in [1.807, 2.05) is 36.5 Å². The van der Waals surface area contributed by atoms with E-state index in [-0.39, 0.29) is 11.8 Å². The number of hydrogen-bond donors (Lipinski definition) is 2.